The third-order valence-corrected chi connectivity index (χ3v) is 5.62. The van der Waals surface area contributed by atoms with E-state index in [9.17, 15) is 9.18 Å². The number of rotatable bonds is 8. The zero-order valence-corrected chi connectivity index (χ0v) is 20.8. The number of aromatic nitrogens is 2. The number of carbonyl (C=O) groups is 1. The molecule has 1 heterocycles. The normalized spacial score (nSPS) is 11.2. The molecule has 0 atom stereocenters. The quantitative estimate of drug-likeness (QED) is 0.238. The Kier molecular flexibility index (Phi) is 7.69. The highest BCUT2D eigenvalue weighted by Crippen LogP contribution is 2.30. The minimum Gasteiger partial charge on any atom is -0.340 e. The average Bonchev–Trinajstić information content (AvgIpc) is 2.81. The van der Waals surface area contributed by atoms with Crippen molar-refractivity contribution in [1.82, 2.24) is 14.9 Å². The first-order valence-electron chi connectivity index (χ1n) is 10.8. The lowest BCUT2D eigenvalue weighted by Gasteiger charge is -2.11. The largest absolute Gasteiger partial charge is 0.340 e. The third kappa shape index (κ3) is 6.62. The SMILES string of the molecule is CN(C)C/C=C/C(=O)Nc1ccc(F)c(Nc2nccc(Nc3cc(Br)c4ccccc4c3)n2)c1. The first kappa shape index (κ1) is 24.3. The number of likely N-dealkylation sites (N-methyl/N-ethyl adjacent to an activating group) is 1. The summed E-state index contributed by atoms with van der Waals surface area (Å²) in [7, 11) is 3.82. The number of nitrogens with one attached hydrogen (secondary N) is 3. The van der Waals surface area contributed by atoms with E-state index in [1.807, 2.05) is 55.4 Å². The van der Waals surface area contributed by atoms with E-state index in [0.717, 1.165) is 20.9 Å². The maximum Gasteiger partial charge on any atom is 0.248 e. The van der Waals surface area contributed by atoms with E-state index in [1.165, 1.54) is 24.3 Å². The Morgan fingerprint density at radius 1 is 1.06 bits per heavy atom. The molecule has 3 aromatic carbocycles. The summed E-state index contributed by atoms with van der Waals surface area (Å²) in [6.07, 6.45) is 4.77. The average molecular weight is 535 g/mol. The lowest BCUT2D eigenvalue weighted by molar-refractivity contribution is -0.111. The fourth-order valence-electron chi connectivity index (χ4n) is 3.35. The van der Waals surface area contributed by atoms with Crippen molar-refractivity contribution in [2.24, 2.45) is 0 Å². The Balaban J connectivity index is 1.48. The molecule has 0 aliphatic carbocycles. The van der Waals surface area contributed by atoms with Crippen LogP contribution in [0, 0.1) is 5.82 Å². The molecule has 178 valence electrons. The van der Waals surface area contributed by atoms with Gasteiger partial charge in [-0.1, -0.05) is 46.3 Å². The summed E-state index contributed by atoms with van der Waals surface area (Å²) in [6, 6.07) is 18.0. The van der Waals surface area contributed by atoms with Gasteiger partial charge in [0.25, 0.3) is 0 Å². The number of nitrogens with zero attached hydrogens (tertiary/aromatic N) is 3. The van der Waals surface area contributed by atoms with Crippen LogP contribution in [0.4, 0.5) is 33.2 Å². The maximum absolute atomic E-state index is 14.5. The lowest BCUT2D eigenvalue weighted by atomic mass is 10.1. The first-order valence-corrected chi connectivity index (χ1v) is 11.6. The van der Waals surface area contributed by atoms with Gasteiger partial charge in [-0.3, -0.25) is 4.79 Å². The highest BCUT2D eigenvalue weighted by molar-refractivity contribution is 9.10. The van der Waals surface area contributed by atoms with Gasteiger partial charge >= 0.3 is 0 Å². The predicted octanol–water partition coefficient (Wildman–Crippen LogP) is 6.07. The van der Waals surface area contributed by atoms with Crippen LogP contribution in [0.2, 0.25) is 0 Å². The van der Waals surface area contributed by atoms with Crippen LogP contribution in [0.5, 0.6) is 0 Å². The second-order valence-electron chi connectivity index (χ2n) is 8.04. The minimum atomic E-state index is -0.494. The van der Waals surface area contributed by atoms with E-state index in [4.69, 9.17) is 0 Å². The summed E-state index contributed by atoms with van der Waals surface area (Å²) in [5, 5.41) is 11.1. The monoisotopic (exact) mass is 534 g/mol. The fraction of sp³-hybridized carbons (Fsp3) is 0.115. The van der Waals surface area contributed by atoms with Crippen molar-refractivity contribution >= 4 is 61.4 Å². The van der Waals surface area contributed by atoms with E-state index in [-0.39, 0.29) is 17.5 Å². The van der Waals surface area contributed by atoms with Crippen molar-refractivity contribution in [2.45, 2.75) is 0 Å². The molecule has 0 saturated heterocycles. The molecule has 1 amide bonds. The molecular formula is C26H24BrFN6O. The second kappa shape index (κ2) is 11.1. The molecule has 0 bridgehead atoms. The van der Waals surface area contributed by atoms with Gasteiger partial charge in [0.05, 0.1) is 5.69 Å². The molecule has 4 aromatic rings. The van der Waals surface area contributed by atoms with Crippen LogP contribution in [-0.4, -0.2) is 41.4 Å². The van der Waals surface area contributed by atoms with Crippen LogP contribution >= 0.6 is 15.9 Å². The van der Waals surface area contributed by atoms with Gasteiger partial charge in [-0.2, -0.15) is 4.98 Å². The molecule has 0 unspecified atom stereocenters. The zero-order valence-electron chi connectivity index (χ0n) is 19.2. The number of hydrogen-bond donors (Lipinski definition) is 3. The van der Waals surface area contributed by atoms with Gasteiger partial charge in [-0.05, 0) is 61.3 Å². The van der Waals surface area contributed by atoms with Crippen molar-refractivity contribution in [2.75, 3.05) is 36.6 Å². The number of fused-ring (bicyclic) bond motifs is 1. The van der Waals surface area contributed by atoms with E-state index in [0.29, 0.717) is 18.1 Å². The molecule has 0 radical (unpaired) electrons. The molecule has 7 nitrogen and oxygen atoms in total. The molecule has 3 N–H and O–H groups in total. The maximum atomic E-state index is 14.5. The molecule has 0 aliphatic heterocycles. The van der Waals surface area contributed by atoms with Crippen molar-refractivity contribution in [3.63, 3.8) is 0 Å². The van der Waals surface area contributed by atoms with Crippen molar-refractivity contribution in [1.29, 1.82) is 0 Å². The van der Waals surface area contributed by atoms with Crippen LogP contribution in [0.15, 0.2) is 83.5 Å². The number of anilines is 5. The summed E-state index contributed by atoms with van der Waals surface area (Å²) < 4.78 is 15.4. The van der Waals surface area contributed by atoms with Crippen LogP contribution < -0.4 is 16.0 Å². The summed E-state index contributed by atoms with van der Waals surface area (Å²) in [5.74, 6) is -0.0383. The van der Waals surface area contributed by atoms with E-state index in [1.54, 1.807) is 18.3 Å². The van der Waals surface area contributed by atoms with Crippen LogP contribution in [0.1, 0.15) is 0 Å². The van der Waals surface area contributed by atoms with Gasteiger partial charge in [-0.15, -0.1) is 0 Å². The standard InChI is InChI=1S/C26H24BrFN6O/c1-34(2)13-5-8-25(35)31-18-9-10-22(28)23(16-18)32-26-29-12-11-24(33-26)30-19-14-17-6-3-4-7-20(17)21(27)15-19/h3-12,14-16H,13H2,1-2H3,(H,31,35)(H2,29,30,32,33)/b8-5+. The molecular weight excluding hydrogens is 511 g/mol. The number of carbonyl (C=O) groups excluding carboxylic acids is 1. The summed E-state index contributed by atoms with van der Waals surface area (Å²) in [6.45, 7) is 0.640. The fourth-order valence-corrected chi connectivity index (χ4v) is 3.95. The number of benzene rings is 3. The zero-order chi connectivity index (χ0) is 24.8. The van der Waals surface area contributed by atoms with Crippen molar-refractivity contribution < 1.29 is 9.18 Å². The van der Waals surface area contributed by atoms with Crippen LogP contribution in [0.25, 0.3) is 10.8 Å². The molecule has 0 aliphatic rings. The van der Waals surface area contributed by atoms with Crippen molar-refractivity contribution in [3.05, 3.63) is 89.3 Å². The molecule has 1 aromatic heterocycles. The Morgan fingerprint density at radius 3 is 2.71 bits per heavy atom. The van der Waals surface area contributed by atoms with Gasteiger partial charge < -0.3 is 20.9 Å². The Hall–Kier alpha value is -3.82. The van der Waals surface area contributed by atoms with Crippen molar-refractivity contribution in [3.8, 4) is 0 Å². The Bertz CT molecular complexity index is 1390. The number of hydrogen-bond acceptors (Lipinski definition) is 6. The smallest absolute Gasteiger partial charge is 0.248 e. The molecule has 0 fully saturated rings. The molecule has 35 heavy (non-hydrogen) atoms. The molecule has 9 heteroatoms. The summed E-state index contributed by atoms with van der Waals surface area (Å²) in [5.41, 5.74) is 1.44. The van der Waals surface area contributed by atoms with Crippen LogP contribution in [0.3, 0.4) is 0 Å². The van der Waals surface area contributed by atoms with E-state index in [2.05, 4.69) is 41.8 Å². The van der Waals surface area contributed by atoms with Gasteiger partial charge in [0.2, 0.25) is 11.9 Å². The molecule has 0 saturated carbocycles. The first-order chi connectivity index (χ1) is 16.9. The predicted molar refractivity (Wildman–Crippen MR) is 143 cm³/mol. The van der Waals surface area contributed by atoms with Gasteiger partial charge in [-0.25, -0.2) is 9.37 Å². The topological polar surface area (TPSA) is 82.2 Å². The van der Waals surface area contributed by atoms with Gasteiger partial charge in [0.15, 0.2) is 0 Å². The van der Waals surface area contributed by atoms with E-state index >= 15 is 0 Å². The summed E-state index contributed by atoms with van der Waals surface area (Å²) in [4.78, 5) is 22.7. The molecule has 0 spiro atoms. The summed E-state index contributed by atoms with van der Waals surface area (Å²) >= 11 is 3.61. The second-order valence-corrected chi connectivity index (χ2v) is 8.90. The van der Waals surface area contributed by atoms with E-state index < -0.39 is 5.82 Å². The highest BCUT2D eigenvalue weighted by Gasteiger charge is 2.09. The van der Waals surface area contributed by atoms with Gasteiger partial charge in [0, 0.05) is 34.7 Å². The van der Waals surface area contributed by atoms with Crippen LogP contribution in [-0.2, 0) is 4.79 Å². The highest BCUT2D eigenvalue weighted by atomic mass is 79.9. The third-order valence-electron chi connectivity index (χ3n) is 4.96. The minimum absolute atomic E-state index is 0.144. The Labute approximate surface area is 211 Å². The number of amides is 1. The Morgan fingerprint density at radius 2 is 1.89 bits per heavy atom. The van der Waals surface area contributed by atoms with Gasteiger partial charge in [0.1, 0.15) is 11.6 Å². The number of halogens is 2. The lowest BCUT2D eigenvalue weighted by Crippen LogP contribution is -2.13. The molecule has 4 rings (SSSR count).